The summed E-state index contributed by atoms with van der Waals surface area (Å²) in [5, 5.41) is 10.8. The molecule has 0 aliphatic rings. The van der Waals surface area contributed by atoms with Crippen LogP contribution in [0.25, 0.3) is 10.9 Å². The number of H-pyrrole nitrogens is 1. The number of aliphatic hydroxyl groups excluding tert-OH is 1. The molecule has 0 radical (unpaired) electrons. The van der Waals surface area contributed by atoms with E-state index in [0.717, 1.165) is 4.57 Å². The van der Waals surface area contributed by atoms with Crippen LogP contribution in [0, 0.1) is 0 Å². The van der Waals surface area contributed by atoms with Crippen LogP contribution in [0.5, 0.6) is 5.75 Å². The van der Waals surface area contributed by atoms with E-state index in [-0.39, 0.29) is 6.54 Å². The Labute approximate surface area is 131 Å². The van der Waals surface area contributed by atoms with Crippen LogP contribution in [0.3, 0.4) is 0 Å². The Morgan fingerprint density at radius 1 is 1.13 bits per heavy atom. The number of methoxy groups -OCH3 is 1. The topological polar surface area (TPSA) is 84.3 Å². The van der Waals surface area contributed by atoms with Crippen molar-refractivity contribution in [3.05, 3.63) is 74.9 Å². The summed E-state index contributed by atoms with van der Waals surface area (Å²) in [4.78, 5) is 27.3. The molecule has 0 unspecified atom stereocenters. The second-order valence-corrected chi connectivity index (χ2v) is 5.15. The average Bonchev–Trinajstić information content (AvgIpc) is 2.58. The monoisotopic (exact) mass is 312 g/mol. The molecule has 0 bridgehead atoms. The maximum absolute atomic E-state index is 12.5. The molecule has 2 N–H and O–H groups in total. The molecule has 1 heterocycles. The molecule has 1 atom stereocenters. The molecule has 23 heavy (non-hydrogen) atoms. The number of hydrogen-bond donors (Lipinski definition) is 2. The predicted molar refractivity (Wildman–Crippen MR) is 86.8 cm³/mol. The van der Waals surface area contributed by atoms with Crippen LogP contribution in [0.2, 0.25) is 0 Å². The van der Waals surface area contributed by atoms with E-state index in [4.69, 9.17) is 4.74 Å². The van der Waals surface area contributed by atoms with E-state index in [1.165, 1.54) is 7.11 Å². The van der Waals surface area contributed by atoms with Crippen molar-refractivity contribution >= 4 is 10.9 Å². The number of nitrogens with zero attached hydrogens (tertiary/aromatic N) is 1. The Balaban J connectivity index is 2.05. The van der Waals surface area contributed by atoms with Gasteiger partial charge in [-0.05, 0) is 18.2 Å². The molecule has 3 rings (SSSR count). The van der Waals surface area contributed by atoms with Crippen molar-refractivity contribution in [1.82, 2.24) is 9.55 Å². The van der Waals surface area contributed by atoms with Gasteiger partial charge in [0.05, 0.1) is 24.6 Å². The summed E-state index contributed by atoms with van der Waals surface area (Å²) in [6.45, 7) is -0.153. The van der Waals surface area contributed by atoms with E-state index >= 15 is 0 Å². The lowest BCUT2D eigenvalue weighted by molar-refractivity contribution is 0.149. The summed E-state index contributed by atoms with van der Waals surface area (Å²) in [7, 11) is 1.50. The van der Waals surface area contributed by atoms with Gasteiger partial charge in [0.25, 0.3) is 5.56 Å². The minimum Gasteiger partial charge on any atom is -0.496 e. The van der Waals surface area contributed by atoms with Gasteiger partial charge < -0.3 is 14.8 Å². The summed E-state index contributed by atoms with van der Waals surface area (Å²) < 4.78 is 6.20. The van der Waals surface area contributed by atoms with Gasteiger partial charge in [0, 0.05) is 5.56 Å². The number of aliphatic hydroxyl groups is 1. The molecular weight excluding hydrogens is 296 g/mol. The van der Waals surface area contributed by atoms with E-state index in [2.05, 4.69) is 4.98 Å². The summed E-state index contributed by atoms with van der Waals surface area (Å²) in [5.41, 5.74) is 0.0148. The van der Waals surface area contributed by atoms with E-state index in [1.54, 1.807) is 48.5 Å². The Morgan fingerprint density at radius 2 is 1.83 bits per heavy atom. The molecule has 1 aromatic heterocycles. The van der Waals surface area contributed by atoms with E-state index in [9.17, 15) is 14.7 Å². The number of ether oxygens (including phenoxy) is 1. The van der Waals surface area contributed by atoms with Gasteiger partial charge in [-0.2, -0.15) is 0 Å². The van der Waals surface area contributed by atoms with Gasteiger partial charge in [-0.25, -0.2) is 4.79 Å². The predicted octanol–water partition coefficient (Wildman–Crippen LogP) is 1.43. The largest absolute Gasteiger partial charge is 0.496 e. The maximum atomic E-state index is 12.5. The van der Waals surface area contributed by atoms with Crippen LogP contribution in [-0.4, -0.2) is 21.8 Å². The molecule has 6 heteroatoms. The van der Waals surface area contributed by atoms with Gasteiger partial charge in [-0.3, -0.25) is 9.36 Å². The molecule has 3 aromatic rings. The molecule has 0 spiro atoms. The number of aromatic amines is 1. The van der Waals surface area contributed by atoms with Crippen LogP contribution in [0.4, 0.5) is 0 Å². The first-order valence-corrected chi connectivity index (χ1v) is 7.14. The van der Waals surface area contributed by atoms with Crippen LogP contribution >= 0.6 is 0 Å². The average molecular weight is 312 g/mol. The Hall–Kier alpha value is -2.86. The van der Waals surface area contributed by atoms with Crippen molar-refractivity contribution in [2.24, 2.45) is 0 Å². The van der Waals surface area contributed by atoms with E-state index in [1.807, 2.05) is 0 Å². The van der Waals surface area contributed by atoms with Crippen molar-refractivity contribution in [2.45, 2.75) is 12.6 Å². The molecule has 0 aliphatic heterocycles. The highest BCUT2D eigenvalue weighted by Gasteiger charge is 2.16. The molecule has 0 saturated carbocycles. The first-order valence-electron chi connectivity index (χ1n) is 7.14. The normalized spacial score (nSPS) is 12.3. The summed E-state index contributed by atoms with van der Waals surface area (Å²) in [6, 6.07) is 13.7. The van der Waals surface area contributed by atoms with E-state index < -0.39 is 17.4 Å². The van der Waals surface area contributed by atoms with E-state index in [0.29, 0.717) is 22.2 Å². The molecule has 118 valence electrons. The Morgan fingerprint density at radius 3 is 2.61 bits per heavy atom. The zero-order valence-electron chi connectivity index (χ0n) is 12.5. The van der Waals surface area contributed by atoms with Crippen molar-refractivity contribution < 1.29 is 9.84 Å². The highest BCUT2D eigenvalue weighted by molar-refractivity contribution is 5.76. The zero-order valence-corrected chi connectivity index (χ0v) is 12.5. The minimum atomic E-state index is -1.04. The van der Waals surface area contributed by atoms with Gasteiger partial charge in [-0.1, -0.05) is 30.3 Å². The molecule has 0 amide bonds. The van der Waals surface area contributed by atoms with Gasteiger partial charge in [0.1, 0.15) is 11.9 Å². The van der Waals surface area contributed by atoms with Crippen LogP contribution in [0.1, 0.15) is 11.7 Å². The lowest BCUT2D eigenvalue weighted by Gasteiger charge is -2.15. The zero-order chi connectivity index (χ0) is 16.4. The molecule has 0 saturated heterocycles. The lowest BCUT2D eigenvalue weighted by Crippen LogP contribution is -2.36. The lowest BCUT2D eigenvalue weighted by atomic mass is 10.1. The highest BCUT2D eigenvalue weighted by Crippen LogP contribution is 2.25. The molecule has 0 fully saturated rings. The fourth-order valence-electron chi connectivity index (χ4n) is 2.58. The minimum absolute atomic E-state index is 0.153. The number of aromatic nitrogens is 2. The fourth-order valence-corrected chi connectivity index (χ4v) is 2.58. The first kappa shape index (κ1) is 15.1. The van der Waals surface area contributed by atoms with Crippen molar-refractivity contribution in [3.8, 4) is 5.75 Å². The third-order valence-corrected chi connectivity index (χ3v) is 3.74. The number of hydrogen-bond acceptors (Lipinski definition) is 4. The van der Waals surface area contributed by atoms with Crippen LogP contribution in [0.15, 0.2) is 58.1 Å². The highest BCUT2D eigenvalue weighted by atomic mass is 16.5. The Bertz CT molecular complexity index is 958. The third kappa shape index (κ3) is 2.76. The molecule has 2 aromatic carbocycles. The number of fused-ring (bicyclic) bond motifs is 1. The standard InChI is InChI=1S/C17H16N2O4/c1-23-15-9-5-3-7-12(15)14(20)10-19-16(21)11-6-2-4-8-13(11)18-17(19)22/h2-9,14,20H,10H2,1H3,(H,18,22)/t14-/m0/s1. The van der Waals surface area contributed by atoms with Gasteiger partial charge in [0.15, 0.2) is 0 Å². The Kier molecular flexibility index (Phi) is 3.99. The number of benzene rings is 2. The molecule has 0 aliphatic carbocycles. The SMILES string of the molecule is COc1ccccc1[C@@H](O)Cn1c(=O)[nH]c2ccccc2c1=O. The van der Waals surface area contributed by atoms with Crippen molar-refractivity contribution in [2.75, 3.05) is 7.11 Å². The number of para-hydroxylation sites is 2. The number of nitrogens with one attached hydrogen (secondary N) is 1. The van der Waals surface area contributed by atoms with Gasteiger partial charge >= 0.3 is 5.69 Å². The van der Waals surface area contributed by atoms with Gasteiger partial charge in [-0.15, -0.1) is 0 Å². The maximum Gasteiger partial charge on any atom is 0.328 e. The quantitative estimate of drug-likeness (QED) is 0.763. The van der Waals surface area contributed by atoms with Crippen molar-refractivity contribution in [3.63, 3.8) is 0 Å². The molecular formula is C17H16N2O4. The summed E-state index contributed by atoms with van der Waals surface area (Å²) in [6.07, 6.45) is -1.04. The third-order valence-electron chi connectivity index (χ3n) is 3.74. The second-order valence-electron chi connectivity index (χ2n) is 5.15. The van der Waals surface area contributed by atoms with Gasteiger partial charge in [0.2, 0.25) is 0 Å². The van der Waals surface area contributed by atoms with Crippen LogP contribution in [-0.2, 0) is 6.54 Å². The first-order chi connectivity index (χ1) is 11.1. The summed E-state index contributed by atoms with van der Waals surface area (Å²) >= 11 is 0. The van der Waals surface area contributed by atoms with Crippen LogP contribution < -0.4 is 16.0 Å². The second kappa shape index (κ2) is 6.10. The number of rotatable bonds is 4. The molecule has 6 nitrogen and oxygen atoms in total. The summed E-state index contributed by atoms with van der Waals surface area (Å²) in [5.74, 6) is 0.505. The van der Waals surface area contributed by atoms with Crippen molar-refractivity contribution in [1.29, 1.82) is 0 Å². The smallest absolute Gasteiger partial charge is 0.328 e. The fraction of sp³-hybridized carbons (Fsp3) is 0.176.